The number of carbonyl (C=O) groups is 1. The second-order valence-electron chi connectivity index (χ2n) is 7.46. The van der Waals surface area contributed by atoms with E-state index >= 15 is 0 Å². The number of carbonyl (C=O) groups excluding carboxylic acids is 1. The normalized spacial score (nSPS) is 14.7. The largest absolute Gasteiger partial charge is 0.497 e. The Kier molecular flexibility index (Phi) is 5.30. The summed E-state index contributed by atoms with van der Waals surface area (Å²) in [5.74, 6) is 0.781. The molecule has 1 N–H and O–H groups in total. The third kappa shape index (κ3) is 4.11. The Morgan fingerprint density at radius 1 is 1.13 bits per heavy atom. The lowest BCUT2D eigenvalue weighted by atomic mass is 10.1. The van der Waals surface area contributed by atoms with Crippen LogP contribution in [0, 0.1) is 0 Å². The average molecular weight is 435 g/mol. The molecule has 8 heteroatoms. The summed E-state index contributed by atoms with van der Waals surface area (Å²) in [7, 11) is 1.65. The van der Waals surface area contributed by atoms with Crippen LogP contribution in [-0.2, 0) is 0 Å². The number of amides is 1. The van der Waals surface area contributed by atoms with E-state index in [1.165, 1.54) is 11.3 Å². The van der Waals surface area contributed by atoms with Crippen LogP contribution in [0.5, 0.6) is 10.9 Å². The topological polar surface area (TPSA) is 80.3 Å². The molecule has 0 spiro atoms. The molecular formula is C23H22N4O3S. The minimum atomic E-state index is -0.0276. The Morgan fingerprint density at radius 2 is 1.94 bits per heavy atom. The summed E-state index contributed by atoms with van der Waals surface area (Å²) < 4.78 is 12.4. The summed E-state index contributed by atoms with van der Waals surface area (Å²) in [5, 5.41) is 7.84. The van der Waals surface area contributed by atoms with Crippen molar-refractivity contribution >= 4 is 27.5 Å². The fourth-order valence-electron chi connectivity index (χ4n) is 3.74. The number of rotatable bonds is 5. The van der Waals surface area contributed by atoms with E-state index in [-0.39, 0.29) is 12.0 Å². The molecule has 0 aliphatic carbocycles. The van der Waals surface area contributed by atoms with E-state index in [1.807, 2.05) is 59.5 Å². The molecule has 1 aliphatic heterocycles. The lowest BCUT2D eigenvalue weighted by Crippen LogP contribution is -2.41. The number of piperidine rings is 1. The number of methoxy groups -OCH3 is 1. The maximum absolute atomic E-state index is 12.9. The lowest BCUT2D eigenvalue weighted by Gasteiger charge is -2.31. The van der Waals surface area contributed by atoms with Gasteiger partial charge in [-0.1, -0.05) is 41.7 Å². The van der Waals surface area contributed by atoms with Crippen molar-refractivity contribution in [3.05, 3.63) is 60.3 Å². The summed E-state index contributed by atoms with van der Waals surface area (Å²) in [5.41, 5.74) is 3.17. The van der Waals surface area contributed by atoms with Gasteiger partial charge in [0.2, 0.25) is 0 Å². The SMILES string of the molecule is COc1ccc2nc(OC3CCN(C(=O)c4cc(-c5ccccc5)n[nH]4)CC3)sc2c1. The van der Waals surface area contributed by atoms with Crippen molar-refractivity contribution in [2.45, 2.75) is 18.9 Å². The third-order valence-corrected chi connectivity index (χ3v) is 6.36. The summed E-state index contributed by atoms with van der Waals surface area (Å²) in [6.45, 7) is 1.28. The number of H-pyrrole nitrogens is 1. The van der Waals surface area contributed by atoms with E-state index < -0.39 is 0 Å². The molecule has 1 amide bonds. The molecule has 4 aromatic rings. The van der Waals surface area contributed by atoms with Gasteiger partial charge in [-0.25, -0.2) is 4.98 Å². The molecule has 0 bridgehead atoms. The van der Waals surface area contributed by atoms with Crippen molar-refractivity contribution in [1.29, 1.82) is 0 Å². The number of aromatic nitrogens is 3. The van der Waals surface area contributed by atoms with Crippen LogP contribution < -0.4 is 9.47 Å². The highest BCUT2D eigenvalue weighted by Crippen LogP contribution is 2.32. The maximum Gasteiger partial charge on any atom is 0.274 e. The first-order valence-corrected chi connectivity index (χ1v) is 11.0. The fraction of sp³-hybridized carbons (Fsp3) is 0.261. The number of nitrogens with one attached hydrogen (secondary N) is 1. The highest BCUT2D eigenvalue weighted by atomic mass is 32.1. The van der Waals surface area contributed by atoms with Crippen molar-refractivity contribution in [1.82, 2.24) is 20.1 Å². The van der Waals surface area contributed by atoms with Gasteiger partial charge in [-0.3, -0.25) is 9.89 Å². The van der Waals surface area contributed by atoms with Gasteiger partial charge >= 0.3 is 0 Å². The van der Waals surface area contributed by atoms with E-state index in [1.54, 1.807) is 7.11 Å². The number of ether oxygens (including phenoxy) is 2. The van der Waals surface area contributed by atoms with Gasteiger partial charge in [0.15, 0.2) is 0 Å². The zero-order chi connectivity index (χ0) is 21.2. The Morgan fingerprint density at radius 3 is 2.71 bits per heavy atom. The number of benzene rings is 2. The lowest BCUT2D eigenvalue weighted by molar-refractivity contribution is 0.0590. The first-order chi connectivity index (χ1) is 15.2. The van der Waals surface area contributed by atoms with E-state index in [2.05, 4.69) is 15.2 Å². The molecule has 0 radical (unpaired) electrons. The summed E-state index contributed by atoms with van der Waals surface area (Å²) >= 11 is 1.52. The summed E-state index contributed by atoms with van der Waals surface area (Å²) in [6, 6.07) is 17.4. The first kappa shape index (κ1) is 19.6. The van der Waals surface area contributed by atoms with Crippen LogP contribution >= 0.6 is 11.3 Å². The number of aromatic amines is 1. The molecule has 7 nitrogen and oxygen atoms in total. The molecule has 158 valence electrons. The van der Waals surface area contributed by atoms with Crippen LogP contribution in [-0.4, -0.2) is 52.3 Å². The maximum atomic E-state index is 12.9. The molecule has 0 atom stereocenters. The van der Waals surface area contributed by atoms with E-state index in [0.29, 0.717) is 24.0 Å². The van der Waals surface area contributed by atoms with Gasteiger partial charge < -0.3 is 14.4 Å². The molecule has 3 heterocycles. The second-order valence-corrected chi connectivity index (χ2v) is 8.45. The van der Waals surface area contributed by atoms with Gasteiger partial charge in [-0.05, 0) is 24.3 Å². The molecule has 0 saturated carbocycles. The Balaban J connectivity index is 1.19. The monoisotopic (exact) mass is 434 g/mol. The molecule has 1 fully saturated rings. The van der Waals surface area contributed by atoms with Gasteiger partial charge in [-0.2, -0.15) is 5.10 Å². The van der Waals surface area contributed by atoms with Gasteiger partial charge in [0, 0.05) is 31.5 Å². The number of fused-ring (bicyclic) bond motifs is 1. The number of nitrogens with zero attached hydrogens (tertiary/aromatic N) is 3. The van der Waals surface area contributed by atoms with Crippen molar-refractivity contribution in [2.75, 3.05) is 20.2 Å². The molecule has 5 rings (SSSR count). The van der Waals surface area contributed by atoms with Gasteiger partial charge in [0.05, 0.1) is 23.0 Å². The number of hydrogen-bond acceptors (Lipinski definition) is 6. The molecule has 0 unspecified atom stereocenters. The van der Waals surface area contributed by atoms with Crippen molar-refractivity contribution < 1.29 is 14.3 Å². The smallest absolute Gasteiger partial charge is 0.274 e. The highest BCUT2D eigenvalue weighted by Gasteiger charge is 2.26. The summed E-state index contributed by atoms with van der Waals surface area (Å²) in [4.78, 5) is 19.3. The molecule has 1 saturated heterocycles. The third-order valence-electron chi connectivity index (χ3n) is 5.45. The number of hydrogen-bond donors (Lipinski definition) is 1. The fourth-order valence-corrected chi connectivity index (χ4v) is 4.65. The highest BCUT2D eigenvalue weighted by molar-refractivity contribution is 7.20. The van der Waals surface area contributed by atoms with E-state index in [9.17, 15) is 4.79 Å². The molecule has 2 aromatic carbocycles. The first-order valence-electron chi connectivity index (χ1n) is 10.2. The van der Waals surface area contributed by atoms with Crippen molar-refractivity contribution in [2.24, 2.45) is 0 Å². The van der Waals surface area contributed by atoms with Gasteiger partial charge in [0.25, 0.3) is 11.1 Å². The van der Waals surface area contributed by atoms with Crippen molar-refractivity contribution in [3.8, 4) is 22.2 Å². The Labute approximate surface area is 183 Å². The molecular weight excluding hydrogens is 412 g/mol. The van der Waals surface area contributed by atoms with E-state index in [0.717, 1.165) is 40.1 Å². The van der Waals surface area contributed by atoms with Crippen LogP contribution in [0.2, 0.25) is 0 Å². The molecule has 1 aliphatic rings. The molecule has 31 heavy (non-hydrogen) atoms. The number of likely N-dealkylation sites (tertiary alicyclic amines) is 1. The van der Waals surface area contributed by atoms with Gasteiger partial charge in [-0.15, -0.1) is 0 Å². The summed E-state index contributed by atoms with van der Waals surface area (Å²) in [6.07, 6.45) is 1.59. The predicted octanol–water partition coefficient (Wildman–Crippen LogP) is 4.38. The quantitative estimate of drug-likeness (QED) is 0.504. The van der Waals surface area contributed by atoms with Crippen LogP contribution in [0.1, 0.15) is 23.3 Å². The Hall–Kier alpha value is -3.39. The standard InChI is InChI=1S/C23H22N4O3S/c1-29-17-7-8-18-21(13-17)31-23(24-18)30-16-9-11-27(12-10-16)22(28)20-14-19(25-26-20)15-5-3-2-4-6-15/h2-8,13-14,16H,9-12H2,1H3,(H,25,26). The second kappa shape index (κ2) is 8.39. The minimum absolute atomic E-state index is 0.0276. The number of thiazole rings is 1. The van der Waals surface area contributed by atoms with Crippen LogP contribution in [0.25, 0.3) is 21.5 Å². The predicted molar refractivity (Wildman–Crippen MR) is 120 cm³/mol. The van der Waals surface area contributed by atoms with Crippen molar-refractivity contribution in [3.63, 3.8) is 0 Å². The minimum Gasteiger partial charge on any atom is -0.497 e. The van der Waals surface area contributed by atoms with Crippen LogP contribution in [0.4, 0.5) is 0 Å². The Bertz CT molecular complexity index is 1200. The van der Waals surface area contributed by atoms with Crippen LogP contribution in [0.3, 0.4) is 0 Å². The zero-order valence-corrected chi connectivity index (χ0v) is 17.9. The molecule has 2 aromatic heterocycles. The average Bonchev–Trinajstić information content (AvgIpc) is 3.46. The van der Waals surface area contributed by atoms with Crippen LogP contribution in [0.15, 0.2) is 54.6 Å². The van der Waals surface area contributed by atoms with E-state index in [4.69, 9.17) is 9.47 Å². The zero-order valence-electron chi connectivity index (χ0n) is 17.1. The van der Waals surface area contributed by atoms with Gasteiger partial charge in [0.1, 0.15) is 17.5 Å².